The van der Waals surface area contributed by atoms with E-state index in [0.717, 1.165) is 0 Å². The van der Waals surface area contributed by atoms with Crippen molar-refractivity contribution in [2.75, 3.05) is 0 Å². The summed E-state index contributed by atoms with van der Waals surface area (Å²) < 4.78 is 0. The van der Waals surface area contributed by atoms with E-state index in [1.165, 1.54) is 6.92 Å². The van der Waals surface area contributed by atoms with Gasteiger partial charge in [0.25, 0.3) is 0 Å². The van der Waals surface area contributed by atoms with E-state index >= 15 is 0 Å². The molecule has 0 amide bonds. The van der Waals surface area contributed by atoms with Gasteiger partial charge in [-0.25, -0.2) is 4.79 Å². The molecule has 0 heterocycles. The smallest absolute Gasteiger partial charge is 0.372 e. The Labute approximate surface area is 90.5 Å². The average molecular weight is 274 g/mol. The van der Waals surface area contributed by atoms with E-state index in [1.807, 2.05) is 0 Å². The van der Waals surface area contributed by atoms with Gasteiger partial charge in [-0.2, -0.15) is 0 Å². The molecule has 1 N–H and O–H groups in total. The summed E-state index contributed by atoms with van der Waals surface area (Å²) in [5.74, 6) is -3.03. The number of aliphatic carboxylic acids is 1. The van der Waals surface area contributed by atoms with Crippen LogP contribution in [0.4, 0.5) is 0 Å². The van der Waals surface area contributed by atoms with Gasteiger partial charge >= 0.3 is 5.97 Å². The zero-order valence-electron chi connectivity index (χ0n) is 5.38. The van der Waals surface area contributed by atoms with Crippen molar-refractivity contribution < 1.29 is 60.3 Å². The van der Waals surface area contributed by atoms with Gasteiger partial charge in [-0.3, -0.25) is 9.59 Å². The molecule has 0 fully saturated rings. The summed E-state index contributed by atoms with van der Waals surface area (Å²) in [6.07, 6.45) is -0.505. The molecule has 10 heavy (non-hydrogen) atoms. The van der Waals surface area contributed by atoms with Gasteiger partial charge in [0.15, 0.2) is 0 Å². The van der Waals surface area contributed by atoms with Crippen molar-refractivity contribution in [3.05, 3.63) is 0 Å². The Morgan fingerprint density at radius 2 is 1.70 bits per heavy atom. The number of rotatable bonds is 3. The maximum absolute atomic E-state index is 10.1. The molecule has 0 spiro atoms. The van der Waals surface area contributed by atoms with Gasteiger partial charge in [-0.1, -0.05) is 0 Å². The summed E-state index contributed by atoms with van der Waals surface area (Å²) in [5.41, 5.74) is 0. The first-order valence-electron chi connectivity index (χ1n) is 2.29. The molecule has 0 radical (unpaired) electrons. The van der Waals surface area contributed by atoms with E-state index in [-0.39, 0.29) is 40.8 Å². The first kappa shape index (κ1) is 12.8. The summed E-state index contributed by atoms with van der Waals surface area (Å²) in [6, 6.07) is 0. The van der Waals surface area contributed by atoms with Crippen LogP contribution in [0.5, 0.6) is 0 Å². The molecule has 0 unspecified atom stereocenters. The van der Waals surface area contributed by atoms with E-state index in [2.05, 4.69) is 0 Å². The van der Waals surface area contributed by atoms with Gasteiger partial charge in [0, 0.05) is 40.8 Å². The minimum atomic E-state index is -1.55. The van der Waals surface area contributed by atoms with Gasteiger partial charge in [-0.15, -0.1) is 0 Å². The second-order valence-electron chi connectivity index (χ2n) is 1.61. The third-order valence-corrected chi connectivity index (χ3v) is 0.648. The second kappa shape index (κ2) is 5.91. The number of carbonyl (C=O) groups is 3. The Balaban J connectivity index is 0. The van der Waals surface area contributed by atoms with E-state index in [0.29, 0.717) is 0 Å². The quantitative estimate of drug-likeness (QED) is 0.562. The van der Waals surface area contributed by atoms with Crippen LogP contribution in [-0.2, 0) is 14.4 Å². The molecule has 5 heteroatoms. The summed E-state index contributed by atoms with van der Waals surface area (Å²) >= 11 is 0. The Morgan fingerprint density at radius 3 is 1.80 bits per heavy atom. The normalized spacial score (nSPS) is 7.70. The predicted molar refractivity (Wildman–Crippen MR) is 27.9 cm³/mol. The molecule has 0 saturated carbocycles. The van der Waals surface area contributed by atoms with Crippen LogP contribution in [-0.4, -0.2) is 22.6 Å². The Bertz CT molecular complexity index is 163. The molecule has 0 rings (SSSR count). The topological polar surface area (TPSA) is 71.4 Å². The van der Waals surface area contributed by atoms with Crippen LogP contribution >= 0.6 is 0 Å². The first-order chi connectivity index (χ1) is 4.04. The molecule has 0 aliphatic rings. The predicted octanol–water partition coefficient (Wildman–Crippen LogP) is -0.381. The largest absolute Gasteiger partial charge is 0.475 e. The molecule has 0 bridgehead atoms. The third kappa shape index (κ3) is 6.28. The number of hydrogen-bond acceptors (Lipinski definition) is 3. The van der Waals surface area contributed by atoms with E-state index in [4.69, 9.17) is 5.11 Å². The van der Waals surface area contributed by atoms with Crippen molar-refractivity contribution in [2.24, 2.45) is 0 Å². The van der Waals surface area contributed by atoms with Crippen molar-refractivity contribution in [1.82, 2.24) is 0 Å². The van der Waals surface area contributed by atoms with E-state index < -0.39 is 24.0 Å². The van der Waals surface area contributed by atoms with Crippen LogP contribution in [0.1, 0.15) is 13.3 Å². The Morgan fingerprint density at radius 1 is 1.30 bits per heavy atom. The number of hydrogen-bond donors (Lipinski definition) is 1. The van der Waals surface area contributed by atoms with Gasteiger partial charge in [0.1, 0.15) is 5.78 Å². The number of ketones is 2. The van der Waals surface area contributed by atoms with Crippen molar-refractivity contribution in [3.8, 4) is 0 Å². The fraction of sp³-hybridized carbons (Fsp3) is 0.400. The Hall–Kier alpha value is 0.161. The van der Waals surface area contributed by atoms with Gasteiger partial charge in [0.05, 0.1) is 6.42 Å². The van der Waals surface area contributed by atoms with Crippen LogP contribution < -0.4 is 0 Å². The number of carboxylic acids is 1. The van der Waals surface area contributed by atoms with Crippen LogP contribution in [0.15, 0.2) is 0 Å². The van der Waals surface area contributed by atoms with Crippen LogP contribution in [0.3, 0.4) is 0 Å². The number of carbonyl (C=O) groups excluding carboxylic acids is 2. The second-order valence-corrected chi connectivity index (χ2v) is 1.61. The monoisotopic (exact) mass is 272 g/mol. The molecule has 4 nitrogen and oxygen atoms in total. The number of Topliss-reactive ketones (excluding diaryl/α,β-unsaturated/α-hetero) is 2. The van der Waals surface area contributed by atoms with Gasteiger partial charge < -0.3 is 5.11 Å². The van der Waals surface area contributed by atoms with Gasteiger partial charge in [-0.05, 0) is 6.92 Å². The SMILES string of the molecule is CC(=O)CC(=O)C(=O)O.[Nd]. The molecule has 0 aromatic heterocycles. The number of carboxylic acid groups (broad SMARTS) is 1. The minimum Gasteiger partial charge on any atom is -0.475 e. The van der Waals surface area contributed by atoms with Crippen molar-refractivity contribution >= 4 is 17.5 Å². The molecule has 0 aliphatic heterocycles. The summed E-state index contributed by atoms with van der Waals surface area (Å²) in [4.78, 5) is 29.9. The molecular formula is C5H6NdO4. The Kier molecular flexibility index (Phi) is 7.57. The van der Waals surface area contributed by atoms with Crippen LogP contribution in [0.25, 0.3) is 0 Å². The minimum absolute atomic E-state index is 0. The summed E-state index contributed by atoms with van der Waals surface area (Å²) in [7, 11) is 0. The molecule has 54 valence electrons. The average Bonchev–Trinajstić information content (AvgIpc) is 1.63. The fourth-order valence-corrected chi connectivity index (χ4v) is 0.302. The van der Waals surface area contributed by atoms with Crippen LogP contribution in [0, 0.1) is 40.8 Å². The standard InChI is InChI=1S/C5H6O4.Nd/c1-3(6)2-4(7)5(8)9;/h2H2,1H3,(H,8,9);. The molecule has 0 atom stereocenters. The van der Waals surface area contributed by atoms with Crippen molar-refractivity contribution in [3.63, 3.8) is 0 Å². The third-order valence-electron chi connectivity index (χ3n) is 0.648. The van der Waals surface area contributed by atoms with E-state index in [1.54, 1.807) is 0 Å². The molecule has 0 aromatic carbocycles. The molecule has 0 aromatic rings. The maximum Gasteiger partial charge on any atom is 0.372 e. The zero-order valence-corrected chi connectivity index (χ0v) is 8.59. The zero-order chi connectivity index (χ0) is 7.44. The fourth-order valence-electron chi connectivity index (χ4n) is 0.302. The van der Waals surface area contributed by atoms with E-state index in [9.17, 15) is 14.4 Å². The summed E-state index contributed by atoms with van der Waals surface area (Å²) in [6.45, 7) is 1.17. The molecular weight excluding hydrogens is 268 g/mol. The van der Waals surface area contributed by atoms with Crippen molar-refractivity contribution in [1.29, 1.82) is 0 Å². The molecule has 0 aliphatic carbocycles. The first-order valence-corrected chi connectivity index (χ1v) is 2.29. The summed E-state index contributed by atoms with van der Waals surface area (Å²) in [5, 5.41) is 7.93. The molecule has 0 saturated heterocycles. The maximum atomic E-state index is 10.1. The van der Waals surface area contributed by atoms with Crippen LogP contribution in [0.2, 0.25) is 0 Å². The van der Waals surface area contributed by atoms with Gasteiger partial charge in [0.2, 0.25) is 5.78 Å². The van der Waals surface area contributed by atoms with Crippen molar-refractivity contribution in [2.45, 2.75) is 13.3 Å².